The molecule has 0 aliphatic carbocycles. The first-order chi connectivity index (χ1) is 6.77. The van der Waals surface area contributed by atoms with Crippen LogP contribution >= 0.6 is 27.5 Å². The fraction of sp³-hybridized carbons (Fsp3) is 0.444. The average molecular weight is 278 g/mol. The van der Waals surface area contributed by atoms with Gasteiger partial charge in [-0.3, -0.25) is 4.84 Å². The highest BCUT2D eigenvalue weighted by atomic mass is 79.9. The standard InChI is InChI=1S/C9H10BrClN2O/c10-7-5-8(11)9(12-6-7)13-3-1-2-4-14-13/h5-6H,1-4H2. The van der Waals surface area contributed by atoms with Gasteiger partial charge < -0.3 is 0 Å². The summed E-state index contributed by atoms with van der Waals surface area (Å²) in [5, 5.41) is 2.37. The quantitative estimate of drug-likeness (QED) is 0.789. The molecule has 0 atom stereocenters. The SMILES string of the molecule is Clc1cc(Br)cnc1N1CCCCO1. The van der Waals surface area contributed by atoms with Crippen molar-refractivity contribution in [3.63, 3.8) is 0 Å². The fourth-order valence-electron chi connectivity index (χ4n) is 1.35. The summed E-state index contributed by atoms with van der Waals surface area (Å²) in [6.07, 6.45) is 3.94. The Morgan fingerprint density at radius 2 is 2.36 bits per heavy atom. The predicted octanol–water partition coefficient (Wildman–Crippen LogP) is 3.03. The van der Waals surface area contributed by atoms with E-state index in [2.05, 4.69) is 20.9 Å². The van der Waals surface area contributed by atoms with Crippen molar-refractivity contribution >= 4 is 33.3 Å². The third-order valence-electron chi connectivity index (χ3n) is 2.03. The van der Waals surface area contributed by atoms with Crippen LogP contribution in [0.5, 0.6) is 0 Å². The van der Waals surface area contributed by atoms with Gasteiger partial charge >= 0.3 is 0 Å². The topological polar surface area (TPSA) is 25.4 Å². The highest BCUT2D eigenvalue weighted by Gasteiger charge is 2.16. The Morgan fingerprint density at radius 3 is 3.00 bits per heavy atom. The minimum Gasteiger partial charge on any atom is -0.272 e. The van der Waals surface area contributed by atoms with Crippen molar-refractivity contribution < 1.29 is 4.84 Å². The summed E-state index contributed by atoms with van der Waals surface area (Å²) in [5.74, 6) is 0.703. The number of halogens is 2. The molecule has 14 heavy (non-hydrogen) atoms. The number of anilines is 1. The molecule has 5 heteroatoms. The maximum absolute atomic E-state index is 6.05. The number of hydrogen-bond donors (Lipinski definition) is 0. The average Bonchev–Trinajstić information content (AvgIpc) is 2.19. The van der Waals surface area contributed by atoms with Crippen molar-refractivity contribution in [1.82, 2.24) is 4.98 Å². The summed E-state index contributed by atoms with van der Waals surface area (Å²) in [6.45, 7) is 1.60. The number of pyridine rings is 1. The molecule has 0 N–H and O–H groups in total. The van der Waals surface area contributed by atoms with E-state index in [9.17, 15) is 0 Å². The monoisotopic (exact) mass is 276 g/mol. The molecule has 1 fully saturated rings. The van der Waals surface area contributed by atoms with E-state index >= 15 is 0 Å². The smallest absolute Gasteiger partial charge is 0.171 e. The Bertz CT molecular complexity index is 329. The van der Waals surface area contributed by atoms with Gasteiger partial charge in [0.2, 0.25) is 0 Å². The van der Waals surface area contributed by atoms with Gasteiger partial charge in [-0.2, -0.15) is 0 Å². The Kier molecular flexibility index (Phi) is 3.26. The van der Waals surface area contributed by atoms with Crippen LogP contribution in [0.15, 0.2) is 16.7 Å². The Hall–Kier alpha value is -0.320. The van der Waals surface area contributed by atoms with Gasteiger partial charge in [0.05, 0.1) is 11.6 Å². The molecule has 1 aromatic rings. The molecular formula is C9H10BrClN2O. The maximum Gasteiger partial charge on any atom is 0.171 e. The lowest BCUT2D eigenvalue weighted by molar-refractivity contribution is 0.0762. The van der Waals surface area contributed by atoms with Crippen LogP contribution in [-0.2, 0) is 4.84 Å². The Labute approximate surface area is 96.1 Å². The minimum atomic E-state index is 0.612. The second-order valence-corrected chi connectivity index (χ2v) is 4.42. The number of rotatable bonds is 1. The zero-order chi connectivity index (χ0) is 9.97. The van der Waals surface area contributed by atoms with E-state index in [0.29, 0.717) is 10.8 Å². The highest BCUT2D eigenvalue weighted by Crippen LogP contribution is 2.27. The normalized spacial score (nSPS) is 17.1. The van der Waals surface area contributed by atoms with E-state index in [1.807, 2.05) is 6.07 Å². The maximum atomic E-state index is 6.05. The van der Waals surface area contributed by atoms with Crippen LogP contribution in [0.3, 0.4) is 0 Å². The first kappa shape index (κ1) is 10.2. The molecule has 0 saturated carbocycles. The second-order valence-electron chi connectivity index (χ2n) is 3.10. The van der Waals surface area contributed by atoms with Gasteiger partial charge in [-0.15, -0.1) is 0 Å². The van der Waals surface area contributed by atoms with Crippen molar-refractivity contribution in [2.24, 2.45) is 0 Å². The molecule has 1 aliphatic rings. The van der Waals surface area contributed by atoms with Crippen molar-refractivity contribution in [3.8, 4) is 0 Å². The van der Waals surface area contributed by atoms with Gasteiger partial charge in [0.15, 0.2) is 5.82 Å². The van der Waals surface area contributed by atoms with Gasteiger partial charge in [0.1, 0.15) is 0 Å². The van der Waals surface area contributed by atoms with Crippen LogP contribution in [-0.4, -0.2) is 18.1 Å². The molecule has 0 bridgehead atoms. The molecule has 3 nitrogen and oxygen atoms in total. The lowest BCUT2D eigenvalue weighted by atomic mass is 10.3. The summed E-state index contributed by atoms with van der Waals surface area (Å²) in [5.41, 5.74) is 0. The molecule has 0 spiro atoms. The summed E-state index contributed by atoms with van der Waals surface area (Å²) < 4.78 is 0.878. The molecule has 1 aromatic heterocycles. The first-order valence-corrected chi connectivity index (χ1v) is 5.66. The summed E-state index contributed by atoms with van der Waals surface area (Å²) >= 11 is 9.36. The second kappa shape index (κ2) is 4.47. The molecule has 0 radical (unpaired) electrons. The largest absolute Gasteiger partial charge is 0.272 e. The van der Waals surface area contributed by atoms with Gasteiger partial charge in [0.25, 0.3) is 0 Å². The van der Waals surface area contributed by atoms with E-state index in [1.165, 1.54) is 0 Å². The molecule has 2 rings (SSSR count). The number of hydroxylamine groups is 1. The summed E-state index contributed by atoms with van der Waals surface area (Å²) in [6, 6.07) is 1.82. The molecule has 0 aromatic carbocycles. The van der Waals surface area contributed by atoms with Gasteiger partial charge in [-0.05, 0) is 34.8 Å². The van der Waals surface area contributed by atoms with E-state index in [1.54, 1.807) is 11.3 Å². The van der Waals surface area contributed by atoms with Gasteiger partial charge in [-0.25, -0.2) is 10.0 Å². The van der Waals surface area contributed by atoms with E-state index < -0.39 is 0 Å². The predicted molar refractivity (Wildman–Crippen MR) is 59.5 cm³/mol. The highest BCUT2D eigenvalue weighted by molar-refractivity contribution is 9.10. The summed E-state index contributed by atoms with van der Waals surface area (Å²) in [7, 11) is 0. The van der Waals surface area contributed by atoms with Crippen molar-refractivity contribution in [2.75, 3.05) is 18.2 Å². The first-order valence-electron chi connectivity index (χ1n) is 4.49. The van der Waals surface area contributed by atoms with E-state index in [4.69, 9.17) is 16.4 Å². The molecule has 1 saturated heterocycles. The van der Waals surface area contributed by atoms with Crippen LogP contribution < -0.4 is 5.06 Å². The molecule has 1 aliphatic heterocycles. The molecular weight excluding hydrogens is 267 g/mol. The van der Waals surface area contributed by atoms with Crippen molar-refractivity contribution in [1.29, 1.82) is 0 Å². The third kappa shape index (κ3) is 2.19. The van der Waals surface area contributed by atoms with Crippen LogP contribution in [0.25, 0.3) is 0 Å². The molecule has 76 valence electrons. The number of hydrogen-bond acceptors (Lipinski definition) is 3. The van der Waals surface area contributed by atoms with Crippen LogP contribution in [0.4, 0.5) is 5.82 Å². The van der Waals surface area contributed by atoms with Gasteiger partial charge in [0, 0.05) is 17.2 Å². The Morgan fingerprint density at radius 1 is 1.50 bits per heavy atom. The zero-order valence-electron chi connectivity index (χ0n) is 7.54. The van der Waals surface area contributed by atoms with Crippen LogP contribution in [0, 0.1) is 0 Å². The lowest BCUT2D eigenvalue weighted by Crippen LogP contribution is -2.30. The zero-order valence-corrected chi connectivity index (χ0v) is 9.88. The summed E-state index contributed by atoms with van der Waals surface area (Å²) in [4.78, 5) is 9.68. The number of aromatic nitrogens is 1. The Balaban J connectivity index is 2.22. The van der Waals surface area contributed by atoms with Crippen LogP contribution in [0.2, 0.25) is 5.02 Å². The van der Waals surface area contributed by atoms with Crippen molar-refractivity contribution in [2.45, 2.75) is 12.8 Å². The number of nitrogens with zero attached hydrogens (tertiary/aromatic N) is 2. The van der Waals surface area contributed by atoms with E-state index in [-0.39, 0.29) is 0 Å². The molecule has 2 heterocycles. The van der Waals surface area contributed by atoms with Gasteiger partial charge in [-0.1, -0.05) is 11.6 Å². The third-order valence-corrected chi connectivity index (χ3v) is 2.74. The van der Waals surface area contributed by atoms with E-state index in [0.717, 1.165) is 30.5 Å². The fourth-order valence-corrected chi connectivity index (χ4v) is 2.08. The molecule has 0 unspecified atom stereocenters. The minimum absolute atomic E-state index is 0.612. The molecule has 0 amide bonds. The van der Waals surface area contributed by atoms with Crippen molar-refractivity contribution in [3.05, 3.63) is 21.8 Å². The lowest BCUT2D eigenvalue weighted by Gasteiger charge is -2.27. The van der Waals surface area contributed by atoms with Crippen LogP contribution in [0.1, 0.15) is 12.8 Å².